The highest BCUT2D eigenvalue weighted by Crippen LogP contribution is 2.44. The average Bonchev–Trinajstić information content (AvgIpc) is 3.43. The van der Waals surface area contributed by atoms with Gasteiger partial charge in [0.15, 0.2) is 8.07 Å². The lowest BCUT2D eigenvalue weighted by Crippen LogP contribution is -2.73. The van der Waals surface area contributed by atoms with Crippen LogP contribution in [0.2, 0.25) is 0 Å². The molecule has 0 fully saturated rings. The van der Waals surface area contributed by atoms with E-state index in [1.807, 2.05) is 11.8 Å². The van der Waals surface area contributed by atoms with E-state index < -0.39 is 8.07 Å². The van der Waals surface area contributed by atoms with Crippen molar-refractivity contribution < 1.29 is 0 Å². The molecule has 0 spiro atoms. The van der Waals surface area contributed by atoms with E-state index in [4.69, 9.17) is 0 Å². The van der Waals surface area contributed by atoms with Crippen LogP contribution in [0.1, 0.15) is 5.56 Å². The Morgan fingerprint density at radius 3 is 1.91 bits per heavy atom. The molecule has 3 aliphatic heterocycles. The lowest BCUT2D eigenvalue weighted by atomic mass is 9.34. The second-order valence-corrected chi connectivity index (χ2v) is 17.7. The fourth-order valence-electron chi connectivity index (χ4n) is 8.66. The summed E-state index contributed by atoms with van der Waals surface area (Å²) < 4.78 is 0. The zero-order valence-corrected chi connectivity index (χ0v) is 27.8. The van der Waals surface area contributed by atoms with Crippen molar-refractivity contribution in [3.63, 3.8) is 0 Å². The van der Waals surface area contributed by atoms with Gasteiger partial charge in [-0.25, -0.2) is 0 Å². The molecule has 0 radical (unpaired) electrons. The third kappa shape index (κ3) is 3.68. The summed E-state index contributed by atoms with van der Waals surface area (Å²) >= 11 is 1.92. The first-order valence-electron chi connectivity index (χ1n) is 16.4. The van der Waals surface area contributed by atoms with Gasteiger partial charge in [0.25, 0.3) is 0 Å². The van der Waals surface area contributed by atoms with Gasteiger partial charge in [-0.15, -0.1) is 0 Å². The highest BCUT2D eigenvalue weighted by atomic mass is 32.2. The number of hydrogen-bond donors (Lipinski definition) is 0. The third-order valence-corrected chi connectivity index (χ3v) is 16.5. The van der Waals surface area contributed by atoms with Gasteiger partial charge in [-0.2, -0.15) is 0 Å². The minimum absolute atomic E-state index is 0.162. The Balaban J connectivity index is 1.37. The smallest absolute Gasteiger partial charge is 0.249 e. The van der Waals surface area contributed by atoms with E-state index in [0.29, 0.717) is 0 Å². The van der Waals surface area contributed by atoms with Crippen LogP contribution in [-0.4, -0.2) is 14.8 Å². The Kier molecular flexibility index (Phi) is 5.91. The number of fused-ring (bicyclic) bond motifs is 7. The van der Waals surface area contributed by atoms with Crippen LogP contribution in [0.5, 0.6) is 0 Å². The lowest BCUT2D eigenvalue weighted by Gasteiger charge is -2.42. The van der Waals surface area contributed by atoms with Crippen LogP contribution < -0.4 is 42.0 Å². The maximum absolute atomic E-state index is 2.65. The molecular formula is C43H30BNSSi. The first-order chi connectivity index (χ1) is 23.2. The van der Waals surface area contributed by atoms with Gasteiger partial charge in [0.1, 0.15) is 0 Å². The molecule has 4 heteroatoms. The van der Waals surface area contributed by atoms with E-state index in [1.165, 1.54) is 80.7 Å². The van der Waals surface area contributed by atoms with Crippen molar-refractivity contribution in [1.29, 1.82) is 0 Å². The van der Waals surface area contributed by atoms with Crippen LogP contribution in [0.25, 0.3) is 11.1 Å². The number of rotatable bonds is 3. The van der Waals surface area contributed by atoms with Gasteiger partial charge >= 0.3 is 0 Å². The Morgan fingerprint density at radius 1 is 0.532 bits per heavy atom. The number of nitrogens with zero attached hydrogens (tertiary/aromatic N) is 1. The number of benzene rings is 7. The largest absolute Gasteiger partial charge is 0.311 e. The van der Waals surface area contributed by atoms with Crippen molar-refractivity contribution in [2.45, 2.75) is 16.7 Å². The molecule has 0 aliphatic carbocycles. The fraction of sp³-hybridized carbons (Fsp3) is 0.0233. The van der Waals surface area contributed by atoms with Crippen molar-refractivity contribution in [1.82, 2.24) is 0 Å². The Morgan fingerprint density at radius 2 is 1.17 bits per heavy atom. The van der Waals surface area contributed by atoms with Gasteiger partial charge in [-0.1, -0.05) is 151 Å². The van der Waals surface area contributed by atoms with E-state index in [9.17, 15) is 0 Å². The second-order valence-electron chi connectivity index (χ2n) is 12.9. The first kappa shape index (κ1) is 27.1. The summed E-state index contributed by atoms with van der Waals surface area (Å²) in [6.07, 6.45) is 0. The molecule has 0 atom stereocenters. The summed E-state index contributed by atoms with van der Waals surface area (Å²) in [5, 5.41) is 5.82. The molecule has 0 unspecified atom stereocenters. The number of para-hydroxylation sites is 1. The van der Waals surface area contributed by atoms with E-state index in [2.05, 4.69) is 176 Å². The molecule has 3 heterocycles. The quantitative estimate of drug-likeness (QED) is 0.217. The summed E-state index contributed by atoms with van der Waals surface area (Å²) in [5.74, 6) is 0. The molecule has 0 amide bonds. The van der Waals surface area contributed by atoms with E-state index >= 15 is 0 Å². The number of anilines is 3. The fourth-order valence-corrected chi connectivity index (χ4v) is 15.0. The predicted molar refractivity (Wildman–Crippen MR) is 204 cm³/mol. The van der Waals surface area contributed by atoms with Gasteiger partial charge < -0.3 is 4.90 Å². The van der Waals surface area contributed by atoms with Gasteiger partial charge in [0, 0.05) is 26.9 Å². The summed E-state index contributed by atoms with van der Waals surface area (Å²) in [6, 6.07) is 61.9. The molecule has 0 saturated carbocycles. The molecule has 0 saturated heterocycles. The van der Waals surface area contributed by atoms with Crippen LogP contribution >= 0.6 is 11.8 Å². The minimum atomic E-state index is -2.65. The lowest BCUT2D eigenvalue weighted by molar-refractivity contribution is 1.24. The van der Waals surface area contributed by atoms with E-state index in [0.717, 1.165) is 0 Å². The molecule has 0 bridgehead atoms. The molecule has 220 valence electrons. The standard InChI is InChI=1S/C43H30BNSSi/c1-29-25-26-39-42-43(29)45(30-15-5-2-6-16-30)37-28-41-34(27-36(37)44(42)35-22-12-13-23-38(35)46-39)33-21-11-14-24-40(33)47(41,31-17-7-3-8-18-31)32-19-9-4-10-20-32/h2-28H,1H3. The van der Waals surface area contributed by atoms with Crippen molar-refractivity contribution in [2.75, 3.05) is 4.90 Å². The highest BCUT2D eigenvalue weighted by Gasteiger charge is 2.51. The molecular weight excluding hydrogens is 601 g/mol. The van der Waals surface area contributed by atoms with Gasteiger partial charge in [0.05, 0.1) is 0 Å². The Bertz CT molecular complexity index is 2320. The average molecular weight is 632 g/mol. The van der Waals surface area contributed by atoms with Crippen molar-refractivity contribution >= 4 is 80.7 Å². The number of hydrogen-bond acceptors (Lipinski definition) is 2. The molecule has 0 N–H and O–H groups in total. The maximum atomic E-state index is 2.61. The van der Waals surface area contributed by atoms with Gasteiger partial charge in [-0.05, 0) is 85.6 Å². The topological polar surface area (TPSA) is 3.24 Å². The normalized spacial score (nSPS) is 14.5. The summed E-state index contributed by atoms with van der Waals surface area (Å²) in [7, 11) is -2.65. The van der Waals surface area contributed by atoms with Gasteiger partial charge in [-0.3, -0.25) is 0 Å². The Labute approximate surface area is 281 Å². The minimum Gasteiger partial charge on any atom is -0.311 e. The van der Waals surface area contributed by atoms with E-state index in [1.54, 1.807) is 0 Å². The van der Waals surface area contributed by atoms with Crippen molar-refractivity contribution in [3.8, 4) is 11.1 Å². The molecule has 7 aromatic carbocycles. The molecule has 3 aliphatic rings. The maximum Gasteiger partial charge on any atom is 0.249 e. The predicted octanol–water partition coefficient (Wildman–Crippen LogP) is 6.12. The zero-order valence-electron chi connectivity index (χ0n) is 26.0. The van der Waals surface area contributed by atoms with Crippen LogP contribution in [0.3, 0.4) is 0 Å². The number of aryl methyl sites for hydroxylation is 1. The molecule has 7 aromatic rings. The SMILES string of the molecule is Cc1ccc2c3c1N(c1ccccc1)c1cc4c(cc1B3c1ccccc1S2)-c1ccccc1[Si]4(c1ccccc1)c1ccccc1. The van der Waals surface area contributed by atoms with Crippen LogP contribution in [0.15, 0.2) is 174 Å². The molecule has 0 aromatic heterocycles. The summed E-state index contributed by atoms with van der Waals surface area (Å²) in [5.41, 5.74) is 12.1. The van der Waals surface area contributed by atoms with Crippen LogP contribution in [-0.2, 0) is 0 Å². The Hall–Kier alpha value is -5.03. The van der Waals surface area contributed by atoms with E-state index in [-0.39, 0.29) is 6.71 Å². The highest BCUT2D eigenvalue weighted by molar-refractivity contribution is 8.00. The zero-order chi connectivity index (χ0) is 31.1. The third-order valence-electron chi connectivity index (χ3n) is 10.5. The molecule has 1 nitrogen and oxygen atoms in total. The molecule has 47 heavy (non-hydrogen) atoms. The second kappa shape index (κ2) is 10.2. The molecule has 10 rings (SSSR count). The summed E-state index contributed by atoms with van der Waals surface area (Å²) in [6.45, 7) is 2.45. The monoisotopic (exact) mass is 631 g/mol. The van der Waals surface area contributed by atoms with Crippen LogP contribution in [0.4, 0.5) is 17.1 Å². The summed E-state index contributed by atoms with van der Waals surface area (Å²) in [4.78, 5) is 5.29. The van der Waals surface area contributed by atoms with Crippen molar-refractivity contribution in [3.05, 3.63) is 169 Å². The van der Waals surface area contributed by atoms with Crippen molar-refractivity contribution in [2.24, 2.45) is 0 Å². The first-order valence-corrected chi connectivity index (χ1v) is 19.2. The van der Waals surface area contributed by atoms with Gasteiger partial charge in [0.2, 0.25) is 6.71 Å². The van der Waals surface area contributed by atoms with Crippen LogP contribution in [0, 0.1) is 6.92 Å².